The second-order valence-corrected chi connectivity index (χ2v) is 8.34. The summed E-state index contributed by atoms with van der Waals surface area (Å²) in [5, 5.41) is 4.39. The van der Waals surface area contributed by atoms with Gasteiger partial charge < -0.3 is 19.5 Å². The predicted molar refractivity (Wildman–Crippen MR) is 127 cm³/mol. The van der Waals surface area contributed by atoms with E-state index in [1.54, 1.807) is 25.3 Å². The third-order valence-corrected chi connectivity index (χ3v) is 6.25. The summed E-state index contributed by atoms with van der Waals surface area (Å²) in [6, 6.07) is 13.0. The van der Waals surface area contributed by atoms with Crippen molar-refractivity contribution in [1.82, 2.24) is 9.47 Å². The molecule has 0 bridgehead atoms. The van der Waals surface area contributed by atoms with Gasteiger partial charge in [-0.25, -0.2) is 0 Å². The number of fused-ring (bicyclic) bond motifs is 1. The fourth-order valence-electron chi connectivity index (χ4n) is 3.39. The van der Waals surface area contributed by atoms with Crippen LogP contribution in [0.2, 0.25) is 5.02 Å². The van der Waals surface area contributed by atoms with Crippen LogP contribution in [0.5, 0.6) is 5.75 Å². The molecule has 0 saturated heterocycles. The molecular formula is C23H26ClN3O3S. The molecule has 8 heteroatoms. The molecule has 1 heterocycles. The average Bonchev–Trinajstić information content (AvgIpc) is 3.11. The monoisotopic (exact) mass is 459 g/mol. The molecule has 2 amide bonds. The Morgan fingerprint density at radius 2 is 1.90 bits per heavy atom. The van der Waals surface area contributed by atoms with Gasteiger partial charge in [-0.1, -0.05) is 29.8 Å². The number of anilines is 1. The van der Waals surface area contributed by atoms with E-state index in [9.17, 15) is 9.59 Å². The number of methoxy groups -OCH3 is 1. The lowest BCUT2D eigenvalue weighted by Gasteiger charge is -2.19. The predicted octanol–water partition coefficient (Wildman–Crippen LogP) is 4.90. The average molecular weight is 460 g/mol. The van der Waals surface area contributed by atoms with Crippen molar-refractivity contribution < 1.29 is 14.3 Å². The standard InChI is InChI=1S/C23H26ClN3O3S/c1-4-26(5-2)23(29)14-27-13-21(17-8-6-7-9-19(17)27)31-15-22(28)25-18-12-16(24)10-11-20(18)30-3/h6-13H,4-5,14-15H2,1-3H3,(H,25,28). The molecule has 0 saturated carbocycles. The van der Waals surface area contributed by atoms with Crippen LogP contribution in [0.3, 0.4) is 0 Å². The van der Waals surface area contributed by atoms with Crippen molar-refractivity contribution in [2.45, 2.75) is 25.3 Å². The molecule has 0 spiro atoms. The number of para-hydroxylation sites is 1. The Labute approximate surface area is 191 Å². The molecule has 0 aliphatic rings. The van der Waals surface area contributed by atoms with Crippen molar-refractivity contribution in [3.63, 3.8) is 0 Å². The minimum atomic E-state index is -0.165. The van der Waals surface area contributed by atoms with Crippen molar-refractivity contribution >= 4 is 51.8 Å². The number of carbonyl (C=O) groups excluding carboxylic acids is 2. The number of aromatic nitrogens is 1. The maximum absolute atomic E-state index is 12.6. The van der Waals surface area contributed by atoms with Crippen LogP contribution in [0.25, 0.3) is 10.9 Å². The highest BCUT2D eigenvalue weighted by Crippen LogP contribution is 2.31. The van der Waals surface area contributed by atoms with Gasteiger partial charge in [-0.05, 0) is 38.1 Å². The second kappa shape index (κ2) is 10.6. The lowest BCUT2D eigenvalue weighted by Crippen LogP contribution is -2.33. The third-order valence-electron chi connectivity index (χ3n) is 4.97. The van der Waals surface area contributed by atoms with Crippen molar-refractivity contribution in [2.24, 2.45) is 0 Å². The topological polar surface area (TPSA) is 63.6 Å². The van der Waals surface area contributed by atoms with Crippen molar-refractivity contribution in [1.29, 1.82) is 0 Å². The highest BCUT2D eigenvalue weighted by atomic mass is 35.5. The summed E-state index contributed by atoms with van der Waals surface area (Å²) >= 11 is 7.47. The zero-order valence-corrected chi connectivity index (χ0v) is 19.4. The van der Waals surface area contributed by atoms with Gasteiger partial charge in [0.15, 0.2) is 0 Å². The van der Waals surface area contributed by atoms with Gasteiger partial charge >= 0.3 is 0 Å². The first kappa shape index (κ1) is 23.0. The molecule has 1 aromatic heterocycles. The molecule has 6 nitrogen and oxygen atoms in total. The van der Waals surface area contributed by atoms with E-state index in [-0.39, 0.29) is 24.1 Å². The lowest BCUT2D eigenvalue weighted by molar-refractivity contribution is -0.131. The number of likely N-dealkylation sites (N-methyl/N-ethyl adjacent to an activating group) is 1. The molecule has 0 atom stereocenters. The molecule has 0 radical (unpaired) electrons. The number of amides is 2. The Balaban J connectivity index is 1.74. The first-order valence-electron chi connectivity index (χ1n) is 10.1. The van der Waals surface area contributed by atoms with Gasteiger partial charge in [0.05, 0.1) is 18.6 Å². The zero-order valence-electron chi connectivity index (χ0n) is 17.9. The Morgan fingerprint density at radius 1 is 1.16 bits per heavy atom. The normalized spacial score (nSPS) is 10.8. The maximum Gasteiger partial charge on any atom is 0.242 e. The quantitative estimate of drug-likeness (QED) is 0.462. The van der Waals surface area contributed by atoms with E-state index in [4.69, 9.17) is 16.3 Å². The van der Waals surface area contributed by atoms with Gasteiger partial charge in [0.2, 0.25) is 11.8 Å². The molecule has 31 heavy (non-hydrogen) atoms. The van der Waals surface area contributed by atoms with E-state index in [2.05, 4.69) is 5.32 Å². The second-order valence-electron chi connectivity index (χ2n) is 6.89. The maximum atomic E-state index is 12.6. The van der Waals surface area contributed by atoms with Crippen molar-refractivity contribution in [3.8, 4) is 5.75 Å². The van der Waals surface area contributed by atoms with Gasteiger partial charge in [-0.15, -0.1) is 11.8 Å². The van der Waals surface area contributed by atoms with Crippen molar-refractivity contribution in [3.05, 3.63) is 53.7 Å². The van der Waals surface area contributed by atoms with Gasteiger partial charge in [-0.3, -0.25) is 9.59 Å². The molecule has 164 valence electrons. The van der Waals surface area contributed by atoms with E-state index < -0.39 is 0 Å². The van der Waals surface area contributed by atoms with Crippen LogP contribution in [0, 0.1) is 0 Å². The van der Waals surface area contributed by atoms with Gasteiger partial charge in [0.25, 0.3) is 0 Å². The van der Waals surface area contributed by atoms with Gasteiger partial charge in [0, 0.05) is 40.1 Å². The SMILES string of the molecule is CCN(CC)C(=O)Cn1cc(SCC(=O)Nc2cc(Cl)ccc2OC)c2ccccc21. The number of benzene rings is 2. The van der Waals surface area contributed by atoms with E-state index >= 15 is 0 Å². The van der Waals surface area contributed by atoms with Crippen molar-refractivity contribution in [2.75, 3.05) is 31.3 Å². The number of thioether (sulfide) groups is 1. The summed E-state index contributed by atoms with van der Waals surface area (Å²) < 4.78 is 7.23. The number of nitrogens with zero attached hydrogens (tertiary/aromatic N) is 2. The Morgan fingerprint density at radius 3 is 2.61 bits per heavy atom. The van der Waals surface area contributed by atoms with Crippen LogP contribution < -0.4 is 10.1 Å². The Kier molecular flexibility index (Phi) is 7.87. The minimum absolute atomic E-state index is 0.0769. The summed E-state index contributed by atoms with van der Waals surface area (Å²) in [4.78, 5) is 27.9. The Hall–Kier alpha value is -2.64. The number of carbonyl (C=O) groups is 2. The fourth-order valence-corrected chi connectivity index (χ4v) is 4.45. The molecule has 3 aromatic rings. The highest BCUT2D eigenvalue weighted by Gasteiger charge is 2.16. The van der Waals surface area contributed by atoms with Gasteiger partial charge in [0.1, 0.15) is 12.3 Å². The molecule has 1 N–H and O–H groups in total. The summed E-state index contributed by atoms with van der Waals surface area (Å²) in [5.74, 6) is 0.678. The van der Waals surface area contributed by atoms with Gasteiger partial charge in [-0.2, -0.15) is 0 Å². The lowest BCUT2D eigenvalue weighted by atomic mass is 10.2. The molecule has 2 aromatic carbocycles. The number of nitrogens with one attached hydrogen (secondary N) is 1. The van der Waals surface area contributed by atoms with Crippen LogP contribution >= 0.6 is 23.4 Å². The van der Waals surface area contributed by atoms with Crippen LogP contribution in [-0.2, 0) is 16.1 Å². The van der Waals surface area contributed by atoms with Crippen LogP contribution in [-0.4, -0.2) is 47.2 Å². The molecule has 0 fully saturated rings. The molecule has 0 aliphatic carbocycles. The molecular weight excluding hydrogens is 434 g/mol. The highest BCUT2D eigenvalue weighted by molar-refractivity contribution is 8.00. The number of rotatable bonds is 9. The summed E-state index contributed by atoms with van der Waals surface area (Å²) in [6.07, 6.45) is 1.95. The number of hydrogen-bond donors (Lipinski definition) is 1. The summed E-state index contributed by atoms with van der Waals surface area (Å²) in [7, 11) is 1.54. The van der Waals surface area contributed by atoms with E-state index in [0.717, 1.165) is 15.8 Å². The number of hydrogen-bond acceptors (Lipinski definition) is 4. The van der Waals surface area contributed by atoms with E-state index in [1.807, 2.05) is 53.8 Å². The number of ether oxygens (including phenoxy) is 1. The molecule has 0 unspecified atom stereocenters. The first-order valence-corrected chi connectivity index (χ1v) is 11.4. The smallest absolute Gasteiger partial charge is 0.242 e. The minimum Gasteiger partial charge on any atom is -0.495 e. The van der Waals surface area contributed by atoms with Crippen LogP contribution in [0.4, 0.5) is 5.69 Å². The van der Waals surface area contributed by atoms with E-state index in [1.165, 1.54) is 11.8 Å². The number of halogens is 1. The molecule has 3 rings (SSSR count). The summed E-state index contributed by atoms with van der Waals surface area (Å²) in [5.41, 5.74) is 1.51. The zero-order chi connectivity index (χ0) is 22.4. The summed E-state index contributed by atoms with van der Waals surface area (Å²) in [6.45, 7) is 5.59. The first-order chi connectivity index (χ1) is 15.0. The Bertz CT molecular complexity index is 1080. The van der Waals surface area contributed by atoms with E-state index in [0.29, 0.717) is 29.5 Å². The fraction of sp³-hybridized carbons (Fsp3) is 0.304. The van der Waals surface area contributed by atoms with Crippen LogP contribution in [0.1, 0.15) is 13.8 Å². The van der Waals surface area contributed by atoms with Crippen LogP contribution in [0.15, 0.2) is 53.6 Å². The third kappa shape index (κ3) is 5.54. The largest absolute Gasteiger partial charge is 0.495 e. The molecule has 0 aliphatic heterocycles.